The van der Waals surface area contributed by atoms with Crippen molar-refractivity contribution in [1.29, 1.82) is 0 Å². The van der Waals surface area contributed by atoms with Gasteiger partial charge >= 0.3 is 0 Å². The first kappa shape index (κ1) is 17.2. The van der Waals surface area contributed by atoms with Crippen LogP contribution in [0.3, 0.4) is 0 Å². The van der Waals surface area contributed by atoms with Crippen molar-refractivity contribution in [2.45, 2.75) is 44.4 Å². The molecule has 0 bridgehead atoms. The Bertz CT molecular complexity index is 487. The number of hydrogen-bond donors (Lipinski definition) is 1. The lowest BCUT2D eigenvalue weighted by Gasteiger charge is -2.30. The van der Waals surface area contributed by atoms with Gasteiger partial charge in [-0.2, -0.15) is 0 Å². The van der Waals surface area contributed by atoms with Gasteiger partial charge in [-0.25, -0.2) is 4.98 Å². The minimum absolute atomic E-state index is 0.0337. The minimum Gasteiger partial charge on any atom is -0.332 e. The van der Waals surface area contributed by atoms with Crippen LogP contribution in [0.25, 0.3) is 0 Å². The molecular formula is C15H22ClN3O2S. The van der Waals surface area contributed by atoms with Crippen LogP contribution in [0, 0.1) is 5.92 Å². The van der Waals surface area contributed by atoms with E-state index in [1.807, 2.05) is 0 Å². The Balaban J connectivity index is 1.94. The summed E-state index contributed by atoms with van der Waals surface area (Å²) in [6, 6.07) is 0. The highest BCUT2D eigenvalue weighted by Gasteiger charge is 2.25. The van der Waals surface area contributed by atoms with Crippen molar-refractivity contribution in [1.82, 2.24) is 9.88 Å². The number of nitrogens with one attached hydrogen (secondary N) is 1. The highest BCUT2D eigenvalue weighted by Crippen LogP contribution is 2.25. The van der Waals surface area contributed by atoms with E-state index in [-0.39, 0.29) is 18.4 Å². The van der Waals surface area contributed by atoms with E-state index in [0.29, 0.717) is 17.6 Å². The van der Waals surface area contributed by atoms with Crippen molar-refractivity contribution < 1.29 is 9.59 Å². The molecule has 0 radical (unpaired) electrons. The topological polar surface area (TPSA) is 62.3 Å². The predicted octanol–water partition coefficient (Wildman–Crippen LogP) is 3.12. The first-order valence-corrected chi connectivity index (χ1v) is 9.00. The van der Waals surface area contributed by atoms with Gasteiger partial charge in [0.1, 0.15) is 5.38 Å². The molecule has 122 valence electrons. The van der Waals surface area contributed by atoms with E-state index in [2.05, 4.69) is 10.3 Å². The summed E-state index contributed by atoms with van der Waals surface area (Å²) in [5.74, 6) is 0.0683. The van der Waals surface area contributed by atoms with Gasteiger partial charge in [0.15, 0.2) is 5.13 Å². The molecular weight excluding hydrogens is 322 g/mol. The molecule has 0 unspecified atom stereocenters. The molecule has 1 fully saturated rings. The monoisotopic (exact) mass is 343 g/mol. The number of hydrogen-bond acceptors (Lipinski definition) is 4. The largest absolute Gasteiger partial charge is 0.332 e. The summed E-state index contributed by atoms with van der Waals surface area (Å²) < 4.78 is 0. The number of halogens is 1. The summed E-state index contributed by atoms with van der Waals surface area (Å²) in [4.78, 5) is 30.0. The average Bonchev–Trinajstić information content (AvgIpc) is 2.99. The number of amides is 2. The van der Waals surface area contributed by atoms with Crippen molar-refractivity contribution in [2.24, 2.45) is 5.92 Å². The van der Waals surface area contributed by atoms with Crippen molar-refractivity contribution >= 4 is 39.9 Å². The van der Waals surface area contributed by atoms with E-state index >= 15 is 0 Å². The number of anilines is 1. The van der Waals surface area contributed by atoms with Crippen LogP contribution in [-0.4, -0.2) is 40.2 Å². The van der Waals surface area contributed by atoms with Gasteiger partial charge in [0.25, 0.3) is 0 Å². The van der Waals surface area contributed by atoms with Crippen LogP contribution in [0.5, 0.6) is 0 Å². The third kappa shape index (κ3) is 5.25. The highest BCUT2D eigenvalue weighted by molar-refractivity contribution is 7.13. The highest BCUT2D eigenvalue weighted by atomic mass is 35.5. The molecule has 0 spiro atoms. The molecule has 1 heterocycles. The molecule has 0 saturated heterocycles. The third-order valence-corrected chi connectivity index (χ3v) is 4.74. The van der Waals surface area contributed by atoms with Gasteiger partial charge in [-0.1, -0.05) is 19.3 Å². The third-order valence-electron chi connectivity index (χ3n) is 3.87. The fourth-order valence-corrected chi connectivity index (χ4v) is 3.47. The quantitative estimate of drug-likeness (QED) is 0.807. The smallest absolute Gasteiger partial charge is 0.245 e. The lowest BCUT2D eigenvalue weighted by atomic mass is 9.89. The van der Waals surface area contributed by atoms with Crippen LogP contribution in [0.15, 0.2) is 11.6 Å². The second-order valence-electron chi connectivity index (χ2n) is 5.72. The van der Waals surface area contributed by atoms with Crippen LogP contribution >= 0.6 is 22.9 Å². The first-order chi connectivity index (χ1) is 10.6. The lowest BCUT2D eigenvalue weighted by Crippen LogP contribution is -2.44. The molecule has 1 aliphatic carbocycles. The van der Waals surface area contributed by atoms with Gasteiger partial charge in [0, 0.05) is 18.1 Å². The number of nitrogens with zero attached hydrogens (tertiary/aromatic N) is 2. The van der Waals surface area contributed by atoms with Gasteiger partial charge in [-0.05, 0) is 25.7 Å². The maximum Gasteiger partial charge on any atom is 0.245 e. The minimum atomic E-state index is -0.615. The van der Waals surface area contributed by atoms with Gasteiger partial charge in [-0.15, -0.1) is 22.9 Å². The van der Waals surface area contributed by atoms with E-state index < -0.39 is 5.38 Å². The Morgan fingerprint density at radius 2 is 2.18 bits per heavy atom. The predicted molar refractivity (Wildman–Crippen MR) is 89.2 cm³/mol. The van der Waals surface area contributed by atoms with E-state index in [1.165, 1.54) is 30.6 Å². The van der Waals surface area contributed by atoms with Crippen molar-refractivity contribution in [3.63, 3.8) is 0 Å². The summed E-state index contributed by atoms with van der Waals surface area (Å²) in [6.07, 6.45) is 7.54. The SMILES string of the molecule is C[C@@H](Cl)C(=O)N(CC(=O)Nc1nccs1)CC1CCCCC1. The van der Waals surface area contributed by atoms with Crippen molar-refractivity contribution in [2.75, 3.05) is 18.4 Å². The van der Waals surface area contributed by atoms with E-state index in [9.17, 15) is 9.59 Å². The number of thiazole rings is 1. The first-order valence-electron chi connectivity index (χ1n) is 7.68. The van der Waals surface area contributed by atoms with Crippen LogP contribution in [-0.2, 0) is 9.59 Å². The van der Waals surface area contributed by atoms with Gasteiger partial charge in [-0.3, -0.25) is 9.59 Å². The van der Waals surface area contributed by atoms with Crippen molar-refractivity contribution in [3.8, 4) is 0 Å². The molecule has 1 saturated carbocycles. The van der Waals surface area contributed by atoms with Crippen LogP contribution < -0.4 is 5.32 Å². The molecule has 2 rings (SSSR count). The number of carbonyl (C=O) groups excluding carboxylic acids is 2. The maximum atomic E-state index is 12.3. The molecule has 1 aromatic heterocycles. The summed E-state index contributed by atoms with van der Waals surface area (Å²) in [5.41, 5.74) is 0. The molecule has 0 aliphatic heterocycles. The van der Waals surface area contributed by atoms with E-state index in [1.54, 1.807) is 23.4 Å². The van der Waals surface area contributed by atoms with Crippen LogP contribution in [0.4, 0.5) is 5.13 Å². The standard InChI is InChI=1S/C15H22ClN3O2S/c1-11(16)14(21)19(9-12-5-3-2-4-6-12)10-13(20)18-15-17-7-8-22-15/h7-8,11-12H,2-6,9-10H2,1H3,(H,17,18,20)/t11-/m1/s1. The fourth-order valence-electron chi connectivity index (χ4n) is 2.78. The number of rotatable bonds is 6. The molecule has 1 aliphatic rings. The van der Waals surface area contributed by atoms with E-state index in [0.717, 1.165) is 12.8 Å². The van der Waals surface area contributed by atoms with E-state index in [4.69, 9.17) is 11.6 Å². The van der Waals surface area contributed by atoms with Crippen LogP contribution in [0.2, 0.25) is 0 Å². The Kier molecular flexibility index (Phi) is 6.64. The molecule has 22 heavy (non-hydrogen) atoms. The van der Waals surface area contributed by atoms with Crippen LogP contribution in [0.1, 0.15) is 39.0 Å². The van der Waals surface area contributed by atoms with Gasteiger partial charge in [0.05, 0.1) is 6.54 Å². The molecule has 1 aromatic rings. The Hall–Kier alpha value is -1.14. The van der Waals surface area contributed by atoms with Gasteiger partial charge < -0.3 is 10.2 Å². The zero-order chi connectivity index (χ0) is 15.9. The lowest BCUT2D eigenvalue weighted by molar-refractivity contribution is -0.134. The number of alkyl halides is 1. The summed E-state index contributed by atoms with van der Waals surface area (Å²) >= 11 is 7.29. The summed E-state index contributed by atoms with van der Waals surface area (Å²) in [7, 11) is 0. The number of aromatic nitrogens is 1. The molecule has 2 amide bonds. The van der Waals surface area contributed by atoms with Crippen molar-refractivity contribution in [3.05, 3.63) is 11.6 Å². The summed E-state index contributed by atoms with van der Waals surface area (Å²) in [5, 5.41) is 4.44. The Morgan fingerprint density at radius 3 is 2.77 bits per heavy atom. The molecule has 5 nitrogen and oxygen atoms in total. The fraction of sp³-hybridized carbons (Fsp3) is 0.667. The van der Waals surface area contributed by atoms with Gasteiger partial charge in [0.2, 0.25) is 11.8 Å². The zero-order valence-electron chi connectivity index (χ0n) is 12.8. The Morgan fingerprint density at radius 1 is 1.45 bits per heavy atom. The Labute approximate surface area is 140 Å². The molecule has 0 aromatic carbocycles. The summed E-state index contributed by atoms with van der Waals surface area (Å²) in [6.45, 7) is 2.30. The second-order valence-corrected chi connectivity index (χ2v) is 7.27. The maximum absolute atomic E-state index is 12.3. The molecule has 7 heteroatoms. The average molecular weight is 344 g/mol. The second kappa shape index (κ2) is 8.48. The molecule has 1 N–H and O–H groups in total. The zero-order valence-corrected chi connectivity index (χ0v) is 14.3. The number of carbonyl (C=O) groups is 2. The normalized spacial score (nSPS) is 17.0. The molecule has 1 atom stereocenters.